The van der Waals surface area contributed by atoms with E-state index in [4.69, 9.17) is 10.5 Å². The molecule has 0 spiro atoms. The summed E-state index contributed by atoms with van der Waals surface area (Å²) >= 11 is 0. The predicted molar refractivity (Wildman–Crippen MR) is 76.3 cm³/mol. The Hall–Kier alpha value is -3.25. The number of aromatic nitrogens is 1. The average molecular weight is 280 g/mol. The maximum atomic E-state index is 9.99. The summed E-state index contributed by atoms with van der Waals surface area (Å²) in [5.41, 5.74) is 6.45. The van der Waals surface area contributed by atoms with Crippen molar-refractivity contribution in [2.75, 3.05) is 12.3 Å². The van der Waals surface area contributed by atoms with Crippen molar-refractivity contribution in [1.82, 2.24) is 4.98 Å². The van der Waals surface area contributed by atoms with Crippen molar-refractivity contribution in [2.24, 2.45) is 0 Å². The van der Waals surface area contributed by atoms with E-state index in [0.717, 1.165) is 0 Å². The minimum Gasteiger partial charge on any atom is -0.507 e. The monoisotopic (exact) mass is 280 g/mol. The van der Waals surface area contributed by atoms with Gasteiger partial charge in [0.05, 0.1) is 6.61 Å². The lowest BCUT2D eigenvalue weighted by molar-refractivity contribution is 0.326. The van der Waals surface area contributed by atoms with E-state index in [1.807, 2.05) is 12.1 Å². The minimum absolute atomic E-state index is 0.0384. The number of phenolic OH excluding ortho intramolecular Hbond substituents is 1. The molecule has 3 N–H and O–H groups in total. The van der Waals surface area contributed by atoms with E-state index in [-0.39, 0.29) is 34.1 Å². The Morgan fingerprint density at radius 3 is 2.48 bits per heavy atom. The summed E-state index contributed by atoms with van der Waals surface area (Å²) in [6.45, 7) is 2.05. The van der Waals surface area contributed by atoms with Crippen LogP contribution in [0.1, 0.15) is 18.1 Å². The number of hydrogen-bond acceptors (Lipinski definition) is 6. The number of rotatable bonds is 3. The quantitative estimate of drug-likeness (QED) is 0.890. The fourth-order valence-corrected chi connectivity index (χ4v) is 1.99. The van der Waals surface area contributed by atoms with Crippen molar-refractivity contribution in [1.29, 1.82) is 10.5 Å². The van der Waals surface area contributed by atoms with Gasteiger partial charge in [-0.2, -0.15) is 15.5 Å². The summed E-state index contributed by atoms with van der Waals surface area (Å²) < 4.78 is 5.31. The van der Waals surface area contributed by atoms with Crippen LogP contribution in [0.3, 0.4) is 0 Å². The van der Waals surface area contributed by atoms with E-state index in [1.54, 1.807) is 25.1 Å². The van der Waals surface area contributed by atoms with E-state index in [1.165, 1.54) is 6.07 Å². The van der Waals surface area contributed by atoms with Crippen LogP contribution in [0, 0.1) is 22.7 Å². The van der Waals surface area contributed by atoms with E-state index in [9.17, 15) is 15.6 Å². The highest BCUT2D eigenvalue weighted by molar-refractivity contribution is 5.85. The van der Waals surface area contributed by atoms with Gasteiger partial charge in [-0.05, 0) is 13.0 Å². The number of nitrogen functional groups attached to an aromatic ring is 1. The fourth-order valence-electron chi connectivity index (χ4n) is 1.99. The highest BCUT2D eigenvalue weighted by Crippen LogP contribution is 2.38. The van der Waals surface area contributed by atoms with Crippen molar-refractivity contribution in [3.63, 3.8) is 0 Å². The van der Waals surface area contributed by atoms with E-state index >= 15 is 0 Å². The zero-order valence-corrected chi connectivity index (χ0v) is 11.3. The highest BCUT2D eigenvalue weighted by Gasteiger charge is 2.22. The largest absolute Gasteiger partial charge is 0.507 e. The zero-order valence-electron chi connectivity index (χ0n) is 11.3. The maximum absolute atomic E-state index is 9.99. The summed E-state index contributed by atoms with van der Waals surface area (Å²) in [5, 5.41) is 28.7. The molecule has 0 unspecified atom stereocenters. The second-order valence-electron chi connectivity index (χ2n) is 4.10. The molecule has 104 valence electrons. The van der Waals surface area contributed by atoms with E-state index in [0.29, 0.717) is 12.2 Å². The second-order valence-corrected chi connectivity index (χ2v) is 4.10. The van der Waals surface area contributed by atoms with Gasteiger partial charge >= 0.3 is 0 Å². The first-order valence-corrected chi connectivity index (χ1v) is 6.18. The highest BCUT2D eigenvalue weighted by atomic mass is 16.5. The number of para-hydroxylation sites is 1. The number of nitrogens with zero attached hydrogens (tertiary/aromatic N) is 3. The Labute approximate surface area is 121 Å². The molecule has 0 aliphatic carbocycles. The molecule has 2 rings (SSSR count). The molecule has 6 nitrogen and oxygen atoms in total. The van der Waals surface area contributed by atoms with E-state index < -0.39 is 0 Å². The molecule has 0 saturated carbocycles. The molecule has 21 heavy (non-hydrogen) atoms. The number of ether oxygens (including phenoxy) is 1. The number of phenols is 1. The van der Waals surface area contributed by atoms with Crippen LogP contribution in [0.5, 0.6) is 11.6 Å². The van der Waals surface area contributed by atoms with Crippen LogP contribution in [0.4, 0.5) is 5.82 Å². The Balaban J connectivity index is 2.89. The summed E-state index contributed by atoms with van der Waals surface area (Å²) in [6.07, 6.45) is 0. The first-order valence-electron chi connectivity index (χ1n) is 6.18. The van der Waals surface area contributed by atoms with Gasteiger partial charge in [-0.25, -0.2) is 0 Å². The van der Waals surface area contributed by atoms with Gasteiger partial charge in [0.1, 0.15) is 34.8 Å². The van der Waals surface area contributed by atoms with Crippen LogP contribution in [-0.2, 0) is 0 Å². The molecule has 0 aliphatic rings. The lowest BCUT2D eigenvalue weighted by atomic mass is 9.95. The third-order valence-electron chi connectivity index (χ3n) is 2.87. The fraction of sp³-hybridized carbons (Fsp3) is 0.133. The second kappa shape index (κ2) is 5.81. The summed E-state index contributed by atoms with van der Waals surface area (Å²) in [6, 6.07) is 10.3. The van der Waals surface area contributed by atoms with Gasteiger partial charge in [0.2, 0.25) is 5.88 Å². The maximum Gasteiger partial charge on any atom is 0.234 e. The molecule has 1 aromatic heterocycles. The van der Waals surface area contributed by atoms with Gasteiger partial charge in [0.15, 0.2) is 0 Å². The molecule has 0 amide bonds. The third-order valence-corrected chi connectivity index (χ3v) is 2.87. The normalized spacial score (nSPS) is 9.67. The van der Waals surface area contributed by atoms with Gasteiger partial charge in [-0.1, -0.05) is 18.2 Å². The lowest BCUT2D eigenvalue weighted by Crippen LogP contribution is -2.06. The third kappa shape index (κ3) is 2.43. The molecule has 0 bridgehead atoms. The van der Waals surface area contributed by atoms with Gasteiger partial charge in [0, 0.05) is 11.1 Å². The number of hydrogen-bond donors (Lipinski definition) is 2. The van der Waals surface area contributed by atoms with Gasteiger partial charge < -0.3 is 15.6 Å². The first kappa shape index (κ1) is 14.2. The first-order chi connectivity index (χ1) is 10.1. The Morgan fingerprint density at radius 1 is 1.24 bits per heavy atom. The Bertz CT molecular complexity index is 772. The topological polar surface area (TPSA) is 116 Å². The molecule has 0 atom stereocenters. The smallest absolute Gasteiger partial charge is 0.234 e. The van der Waals surface area contributed by atoms with Crippen LogP contribution in [0.25, 0.3) is 11.1 Å². The van der Waals surface area contributed by atoms with Crippen LogP contribution in [-0.4, -0.2) is 16.7 Å². The van der Waals surface area contributed by atoms with Crippen LogP contribution < -0.4 is 10.5 Å². The molecule has 0 saturated heterocycles. The van der Waals surface area contributed by atoms with Crippen molar-refractivity contribution in [3.05, 3.63) is 35.4 Å². The number of aromatic hydroxyl groups is 1. The van der Waals surface area contributed by atoms with Crippen LogP contribution >= 0.6 is 0 Å². The van der Waals surface area contributed by atoms with E-state index in [2.05, 4.69) is 4.98 Å². The number of anilines is 1. The average Bonchev–Trinajstić information content (AvgIpc) is 2.47. The molecule has 0 radical (unpaired) electrons. The molecule has 0 aliphatic heterocycles. The molecule has 0 fully saturated rings. The Morgan fingerprint density at radius 2 is 1.90 bits per heavy atom. The molecule has 1 heterocycles. The van der Waals surface area contributed by atoms with Gasteiger partial charge in [-0.3, -0.25) is 0 Å². The number of pyridine rings is 1. The SMILES string of the molecule is CCOc1nc(N)c(C#N)c(-c2ccccc2O)c1C#N. The lowest BCUT2D eigenvalue weighted by Gasteiger charge is -2.13. The number of nitrogens with two attached hydrogens (primary N) is 1. The molecule has 2 aromatic rings. The number of benzene rings is 1. The summed E-state index contributed by atoms with van der Waals surface area (Å²) in [5.74, 6) is -0.0495. The molecular formula is C15H12N4O2. The van der Waals surface area contributed by atoms with Gasteiger partial charge in [0.25, 0.3) is 0 Å². The minimum atomic E-state index is -0.0569. The Kier molecular flexibility index (Phi) is 3.92. The molecule has 6 heteroatoms. The molecular weight excluding hydrogens is 268 g/mol. The number of nitriles is 2. The summed E-state index contributed by atoms with van der Waals surface area (Å²) in [7, 11) is 0. The van der Waals surface area contributed by atoms with Crippen LogP contribution in [0.15, 0.2) is 24.3 Å². The van der Waals surface area contributed by atoms with Crippen LogP contribution in [0.2, 0.25) is 0 Å². The van der Waals surface area contributed by atoms with Crippen molar-refractivity contribution in [2.45, 2.75) is 6.92 Å². The zero-order chi connectivity index (χ0) is 15.4. The predicted octanol–water partition coefficient (Wildman–Crippen LogP) is 2.18. The van der Waals surface area contributed by atoms with Crippen molar-refractivity contribution >= 4 is 5.82 Å². The van der Waals surface area contributed by atoms with Crippen molar-refractivity contribution < 1.29 is 9.84 Å². The van der Waals surface area contributed by atoms with Gasteiger partial charge in [-0.15, -0.1) is 0 Å². The standard InChI is InChI=1S/C15H12N4O2/c1-2-21-15-11(8-17)13(10(7-16)14(18)19-15)9-5-3-4-6-12(9)20/h3-6,20H,2H2,1H3,(H2,18,19). The molecule has 1 aromatic carbocycles. The van der Waals surface area contributed by atoms with Crippen molar-refractivity contribution in [3.8, 4) is 34.9 Å². The summed E-state index contributed by atoms with van der Waals surface area (Å²) in [4.78, 5) is 3.95.